The van der Waals surface area contributed by atoms with Gasteiger partial charge in [-0.05, 0) is 19.1 Å². The summed E-state index contributed by atoms with van der Waals surface area (Å²) < 4.78 is 1.67. The third kappa shape index (κ3) is 2.08. The average molecular weight is 234 g/mol. The monoisotopic (exact) mass is 234 g/mol. The van der Waals surface area contributed by atoms with Gasteiger partial charge >= 0.3 is 5.97 Å². The highest BCUT2D eigenvalue weighted by atomic mass is 16.4. The number of phenolic OH excluding ortho intramolecular Hbond substituents is 1. The number of nitrogens with zero attached hydrogens (tertiary/aromatic N) is 2. The number of rotatable bonds is 3. The number of aliphatic carboxylic acids is 1. The van der Waals surface area contributed by atoms with E-state index < -0.39 is 11.9 Å². The summed E-state index contributed by atoms with van der Waals surface area (Å²) in [6.45, 7) is 3.86. The molecule has 0 amide bonds. The standard InChI is InChI=1S/C12H14N2O3/c1-7(12(16)17)6-14-8(2)10-4-3-9(15)5-11(10)13-14/h3-5,7,15H,6H2,1-2H3,(H,16,17). The summed E-state index contributed by atoms with van der Waals surface area (Å²) >= 11 is 0. The number of carboxylic acid groups (broad SMARTS) is 1. The third-order valence-electron chi connectivity index (χ3n) is 2.86. The molecule has 1 heterocycles. The van der Waals surface area contributed by atoms with Gasteiger partial charge in [0.15, 0.2) is 0 Å². The molecule has 0 saturated heterocycles. The maximum Gasteiger partial charge on any atom is 0.308 e. The lowest BCUT2D eigenvalue weighted by atomic mass is 10.2. The number of aryl methyl sites for hydroxylation is 1. The number of hydrogen-bond donors (Lipinski definition) is 2. The summed E-state index contributed by atoms with van der Waals surface area (Å²) in [4.78, 5) is 10.8. The Balaban J connectivity index is 2.42. The van der Waals surface area contributed by atoms with Crippen molar-refractivity contribution in [2.45, 2.75) is 20.4 Å². The van der Waals surface area contributed by atoms with Crippen LogP contribution in [-0.2, 0) is 11.3 Å². The van der Waals surface area contributed by atoms with Gasteiger partial charge < -0.3 is 10.2 Å². The molecule has 0 aliphatic carbocycles. The largest absolute Gasteiger partial charge is 0.508 e. The fourth-order valence-corrected chi connectivity index (χ4v) is 1.77. The van der Waals surface area contributed by atoms with Gasteiger partial charge in [-0.2, -0.15) is 5.10 Å². The van der Waals surface area contributed by atoms with Crippen molar-refractivity contribution < 1.29 is 15.0 Å². The lowest BCUT2D eigenvalue weighted by Crippen LogP contribution is -2.18. The summed E-state index contributed by atoms with van der Waals surface area (Å²) in [5.74, 6) is -1.17. The molecular formula is C12H14N2O3. The summed E-state index contributed by atoms with van der Waals surface area (Å²) in [6, 6.07) is 4.96. The van der Waals surface area contributed by atoms with Crippen LogP contribution in [0, 0.1) is 12.8 Å². The Morgan fingerprint density at radius 3 is 2.88 bits per heavy atom. The number of carbonyl (C=O) groups is 1. The fraction of sp³-hybridized carbons (Fsp3) is 0.333. The fourth-order valence-electron chi connectivity index (χ4n) is 1.77. The van der Waals surface area contributed by atoms with Crippen molar-refractivity contribution in [1.29, 1.82) is 0 Å². The number of aromatic nitrogens is 2. The molecule has 0 radical (unpaired) electrons. The first-order valence-electron chi connectivity index (χ1n) is 5.38. The highest BCUT2D eigenvalue weighted by Gasteiger charge is 2.15. The van der Waals surface area contributed by atoms with Crippen LogP contribution in [0.5, 0.6) is 5.75 Å². The van der Waals surface area contributed by atoms with Crippen molar-refractivity contribution in [3.63, 3.8) is 0 Å². The molecule has 17 heavy (non-hydrogen) atoms. The van der Waals surface area contributed by atoms with E-state index in [0.29, 0.717) is 12.1 Å². The zero-order valence-corrected chi connectivity index (χ0v) is 9.71. The van der Waals surface area contributed by atoms with Crippen molar-refractivity contribution in [2.24, 2.45) is 5.92 Å². The number of fused-ring (bicyclic) bond motifs is 1. The summed E-state index contributed by atoms with van der Waals surface area (Å²) in [5, 5.41) is 23.4. The van der Waals surface area contributed by atoms with Crippen LogP contribution in [-0.4, -0.2) is 26.0 Å². The van der Waals surface area contributed by atoms with Crippen molar-refractivity contribution in [3.8, 4) is 5.75 Å². The van der Waals surface area contributed by atoms with E-state index in [1.54, 1.807) is 29.8 Å². The SMILES string of the molecule is Cc1c2ccc(O)cc2nn1CC(C)C(=O)O. The summed E-state index contributed by atoms with van der Waals surface area (Å²) in [6.07, 6.45) is 0. The molecule has 0 spiro atoms. The van der Waals surface area contributed by atoms with Gasteiger partial charge in [-0.1, -0.05) is 6.92 Å². The van der Waals surface area contributed by atoms with E-state index in [0.717, 1.165) is 11.1 Å². The van der Waals surface area contributed by atoms with Crippen molar-refractivity contribution in [3.05, 3.63) is 23.9 Å². The molecule has 1 aromatic heterocycles. The molecule has 1 aromatic carbocycles. The topological polar surface area (TPSA) is 75.4 Å². The van der Waals surface area contributed by atoms with Crippen LogP contribution >= 0.6 is 0 Å². The Bertz CT molecular complexity index is 574. The lowest BCUT2D eigenvalue weighted by molar-refractivity contribution is -0.141. The number of aromatic hydroxyl groups is 1. The van der Waals surface area contributed by atoms with Gasteiger partial charge in [-0.15, -0.1) is 0 Å². The normalized spacial score (nSPS) is 12.8. The van der Waals surface area contributed by atoms with Gasteiger partial charge in [0.25, 0.3) is 0 Å². The second kappa shape index (κ2) is 4.08. The smallest absolute Gasteiger partial charge is 0.308 e. The Labute approximate surface area is 98.3 Å². The molecule has 2 rings (SSSR count). The van der Waals surface area contributed by atoms with Gasteiger partial charge in [0.1, 0.15) is 5.75 Å². The van der Waals surface area contributed by atoms with Crippen LogP contribution in [0.3, 0.4) is 0 Å². The Morgan fingerprint density at radius 2 is 2.24 bits per heavy atom. The van der Waals surface area contributed by atoms with E-state index in [-0.39, 0.29) is 5.75 Å². The van der Waals surface area contributed by atoms with Crippen molar-refractivity contribution >= 4 is 16.9 Å². The molecular weight excluding hydrogens is 220 g/mol. The minimum atomic E-state index is -0.841. The molecule has 1 atom stereocenters. The maximum absolute atomic E-state index is 10.8. The second-order valence-electron chi connectivity index (χ2n) is 4.21. The van der Waals surface area contributed by atoms with Crippen LogP contribution in [0.4, 0.5) is 0 Å². The predicted octanol–water partition coefficient (Wildman–Crippen LogP) is 1.77. The van der Waals surface area contributed by atoms with Crippen LogP contribution in [0.25, 0.3) is 10.9 Å². The summed E-state index contributed by atoms with van der Waals surface area (Å²) in [5.41, 5.74) is 1.59. The van der Waals surface area contributed by atoms with Crippen LogP contribution in [0.15, 0.2) is 18.2 Å². The van der Waals surface area contributed by atoms with Gasteiger partial charge in [0.05, 0.1) is 18.0 Å². The molecule has 2 N–H and O–H groups in total. The van der Waals surface area contributed by atoms with Crippen LogP contribution in [0.2, 0.25) is 0 Å². The molecule has 0 bridgehead atoms. The first kappa shape index (κ1) is 11.4. The molecule has 0 aliphatic heterocycles. The van der Waals surface area contributed by atoms with E-state index in [9.17, 15) is 9.90 Å². The quantitative estimate of drug-likeness (QED) is 0.848. The first-order valence-corrected chi connectivity index (χ1v) is 5.38. The molecule has 0 aliphatic rings. The van der Waals surface area contributed by atoms with E-state index in [4.69, 9.17) is 5.11 Å². The number of hydrogen-bond acceptors (Lipinski definition) is 3. The van der Waals surface area contributed by atoms with Crippen LogP contribution < -0.4 is 0 Å². The van der Waals surface area contributed by atoms with Crippen molar-refractivity contribution in [1.82, 2.24) is 9.78 Å². The van der Waals surface area contributed by atoms with Gasteiger partial charge in [-0.25, -0.2) is 0 Å². The highest BCUT2D eigenvalue weighted by Crippen LogP contribution is 2.22. The predicted molar refractivity (Wildman–Crippen MR) is 62.9 cm³/mol. The molecule has 1 unspecified atom stereocenters. The molecule has 2 aromatic rings. The van der Waals surface area contributed by atoms with Gasteiger partial charge in [0.2, 0.25) is 0 Å². The number of benzene rings is 1. The first-order chi connectivity index (χ1) is 7.99. The Hall–Kier alpha value is -2.04. The average Bonchev–Trinajstić information content (AvgIpc) is 2.55. The molecule has 5 nitrogen and oxygen atoms in total. The maximum atomic E-state index is 10.8. The minimum Gasteiger partial charge on any atom is -0.508 e. The van der Waals surface area contributed by atoms with E-state index in [1.807, 2.05) is 6.92 Å². The Morgan fingerprint density at radius 1 is 1.53 bits per heavy atom. The second-order valence-corrected chi connectivity index (χ2v) is 4.21. The molecule has 90 valence electrons. The molecule has 5 heteroatoms. The zero-order valence-electron chi connectivity index (χ0n) is 9.71. The molecule has 0 fully saturated rings. The summed E-state index contributed by atoms with van der Waals surface area (Å²) in [7, 11) is 0. The van der Waals surface area contributed by atoms with Gasteiger partial charge in [-0.3, -0.25) is 9.48 Å². The zero-order chi connectivity index (χ0) is 12.6. The third-order valence-corrected chi connectivity index (χ3v) is 2.86. The van der Waals surface area contributed by atoms with Crippen LogP contribution in [0.1, 0.15) is 12.6 Å². The van der Waals surface area contributed by atoms with Gasteiger partial charge in [0, 0.05) is 17.1 Å². The number of carboxylic acids is 1. The minimum absolute atomic E-state index is 0.161. The van der Waals surface area contributed by atoms with E-state index >= 15 is 0 Å². The lowest BCUT2D eigenvalue weighted by Gasteiger charge is -2.07. The Kier molecular flexibility index (Phi) is 2.75. The van der Waals surface area contributed by atoms with E-state index in [2.05, 4.69) is 5.10 Å². The van der Waals surface area contributed by atoms with Crippen molar-refractivity contribution in [2.75, 3.05) is 0 Å². The highest BCUT2D eigenvalue weighted by molar-refractivity contribution is 5.82. The molecule has 0 saturated carbocycles. The number of phenols is 1. The van der Waals surface area contributed by atoms with E-state index in [1.165, 1.54) is 0 Å².